The van der Waals surface area contributed by atoms with Gasteiger partial charge >= 0.3 is 6.18 Å². The van der Waals surface area contributed by atoms with Crippen molar-refractivity contribution in [1.82, 2.24) is 5.32 Å². The van der Waals surface area contributed by atoms with Crippen LogP contribution < -0.4 is 15.5 Å². The van der Waals surface area contributed by atoms with Crippen LogP contribution in [0.3, 0.4) is 0 Å². The molecule has 134 valence electrons. The summed E-state index contributed by atoms with van der Waals surface area (Å²) in [7, 11) is 1.66. The average molecular weight is 346 g/mol. The van der Waals surface area contributed by atoms with E-state index in [4.69, 9.17) is 0 Å². The third-order valence-corrected chi connectivity index (χ3v) is 2.91. The van der Waals surface area contributed by atoms with Crippen LogP contribution in [0.2, 0.25) is 0 Å². The first-order valence-corrected chi connectivity index (χ1v) is 7.46. The minimum Gasteiger partial charge on any atom is -0.347 e. The second-order valence-electron chi connectivity index (χ2n) is 6.74. The molecule has 0 fully saturated rings. The molecule has 24 heavy (non-hydrogen) atoms. The van der Waals surface area contributed by atoms with Crippen LogP contribution in [0, 0.1) is 0 Å². The van der Waals surface area contributed by atoms with Crippen LogP contribution >= 0.6 is 0 Å². The number of carbonyl (C=O) groups is 2. The number of quaternary nitrogens is 1. The molecule has 1 aromatic carbocycles. The molecule has 1 aromatic rings. The van der Waals surface area contributed by atoms with Gasteiger partial charge in [-0.2, -0.15) is 13.2 Å². The number of amides is 2. The Morgan fingerprint density at radius 1 is 1.08 bits per heavy atom. The Hall–Kier alpha value is -2.09. The predicted octanol–water partition coefficient (Wildman–Crippen LogP) is 1.07. The number of benzene rings is 1. The zero-order valence-electron chi connectivity index (χ0n) is 14.2. The van der Waals surface area contributed by atoms with Gasteiger partial charge in [-0.05, 0) is 39.0 Å². The van der Waals surface area contributed by atoms with E-state index < -0.39 is 17.6 Å². The average Bonchev–Trinajstić information content (AvgIpc) is 2.34. The largest absolute Gasteiger partial charge is 0.416 e. The molecule has 3 N–H and O–H groups in total. The molecular weight excluding hydrogens is 323 g/mol. The normalized spacial score (nSPS) is 13.3. The summed E-state index contributed by atoms with van der Waals surface area (Å²) in [6.45, 7) is 5.60. The molecule has 8 heteroatoms. The van der Waals surface area contributed by atoms with Gasteiger partial charge < -0.3 is 15.5 Å². The molecular formula is C16H23F3N3O2+. The molecule has 0 aromatic heterocycles. The number of halogens is 3. The lowest BCUT2D eigenvalue weighted by molar-refractivity contribution is -0.862. The van der Waals surface area contributed by atoms with Gasteiger partial charge in [0.1, 0.15) is 0 Å². The molecule has 0 aliphatic rings. The van der Waals surface area contributed by atoms with E-state index in [1.54, 1.807) is 7.05 Å². The predicted molar refractivity (Wildman–Crippen MR) is 84.6 cm³/mol. The fourth-order valence-electron chi connectivity index (χ4n) is 2.05. The molecule has 1 unspecified atom stereocenters. The van der Waals surface area contributed by atoms with Gasteiger partial charge in [-0.3, -0.25) is 9.59 Å². The summed E-state index contributed by atoms with van der Waals surface area (Å²) in [5.74, 6) is -0.665. The summed E-state index contributed by atoms with van der Waals surface area (Å²) < 4.78 is 37.9. The van der Waals surface area contributed by atoms with Gasteiger partial charge in [0.15, 0.2) is 13.1 Å². The van der Waals surface area contributed by atoms with E-state index in [0.717, 1.165) is 12.1 Å². The summed E-state index contributed by atoms with van der Waals surface area (Å²) in [5, 5.41) is 5.20. The summed E-state index contributed by atoms with van der Waals surface area (Å²) in [4.78, 5) is 24.3. The standard InChI is InChI=1S/C16H22F3N3O2/c1-15(2,3)21-14(24)10-22(4)9-13(23)20-12-7-5-6-11(8-12)16(17,18)19/h5-8H,9-10H2,1-4H3,(H,20,23)(H,21,24)/p+1. The van der Waals surface area contributed by atoms with Crippen LogP contribution in [-0.4, -0.2) is 37.5 Å². The molecule has 5 nitrogen and oxygen atoms in total. The number of hydrogen-bond acceptors (Lipinski definition) is 2. The monoisotopic (exact) mass is 346 g/mol. The van der Waals surface area contributed by atoms with E-state index in [2.05, 4.69) is 10.6 Å². The number of rotatable bonds is 5. The summed E-state index contributed by atoms with van der Waals surface area (Å²) >= 11 is 0. The molecule has 0 aliphatic heterocycles. The molecule has 1 atom stereocenters. The van der Waals surface area contributed by atoms with Gasteiger partial charge in [-0.1, -0.05) is 6.07 Å². The van der Waals surface area contributed by atoms with Crippen molar-refractivity contribution in [3.8, 4) is 0 Å². The minimum absolute atomic E-state index is 0.0339. The van der Waals surface area contributed by atoms with Crippen LogP contribution in [0.25, 0.3) is 0 Å². The van der Waals surface area contributed by atoms with Crippen molar-refractivity contribution in [3.63, 3.8) is 0 Å². The number of alkyl halides is 3. The first-order chi connectivity index (χ1) is 10.9. The first-order valence-electron chi connectivity index (χ1n) is 7.46. The van der Waals surface area contributed by atoms with Crippen LogP contribution in [0.1, 0.15) is 26.3 Å². The summed E-state index contributed by atoms with van der Waals surface area (Å²) in [5.41, 5.74) is -1.12. The molecule has 2 amide bonds. The first kappa shape index (κ1) is 20.0. The fourth-order valence-corrected chi connectivity index (χ4v) is 2.05. The number of nitrogens with one attached hydrogen (secondary N) is 3. The highest BCUT2D eigenvalue weighted by Gasteiger charge is 2.30. The molecule has 0 spiro atoms. The van der Waals surface area contributed by atoms with Crippen LogP contribution in [0.4, 0.5) is 18.9 Å². The lowest BCUT2D eigenvalue weighted by atomic mass is 10.1. The SMILES string of the molecule is C[NH+](CC(=O)Nc1cccc(C(F)(F)F)c1)CC(=O)NC(C)(C)C. The fraction of sp³-hybridized carbons (Fsp3) is 0.500. The lowest BCUT2D eigenvalue weighted by Crippen LogP contribution is -3.11. The molecule has 0 bridgehead atoms. The van der Waals surface area contributed by atoms with Gasteiger partial charge in [0.2, 0.25) is 0 Å². The smallest absolute Gasteiger partial charge is 0.347 e. The van der Waals surface area contributed by atoms with Crippen molar-refractivity contribution in [1.29, 1.82) is 0 Å². The number of carbonyl (C=O) groups excluding carboxylic acids is 2. The maximum Gasteiger partial charge on any atom is 0.416 e. The highest BCUT2D eigenvalue weighted by molar-refractivity contribution is 5.91. The molecule has 0 heterocycles. The van der Waals surface area contributed by atoms with Gasteiger partial charge in [0.05, 0.1) is 12.6 Å². The van der Waals surface area contributed by atoms with Gasteiger partial charge in [0.25, 0.3) is 11.8 Å². The second kappa shape index (κ2) is 7.65. The molecule has 0 saturated carbocycles. The Labute approximate surface area is 139 Å². The van der Waals surface area contributed by atoms with Crippen molar-refractivity contribution in [3.05, 3.63) is 29.8 Å². The minimum atomic E-state index is -4.46. The third kappa shape index (κ3) is 7.45. The van der Waals surface area contributed by atoms with Crippen molar-refractivity contribution in [2.75, 3.05) is 25.5 Å². The highest BCUT2D eigenvalue weighted by atomic mass is 19.4. The Kier molecular flexibility index (Phi) is 6.36. The summed E-state index contributed by atoms with van der Waals surface area (Å²) in [6.07, 6.45) is -4.46. The van der Waals surface area contributed by atoms with Gasteiger partial charge in [-0.25, -0.2) is 0 Å². The number of likely N-dealkylation sites (N-methyl/N-ethyl adjacent to an activating group) is 1. The van der Waals surface area contributed by atoms with E-state index in [-0.39, 0.29) is 30.2 Å². The molecule has 0 saturated heterocycles. The quantitative estimate of drug-likeness (QED) is 0.747. The van der Waals surface area contributed by atoms with Crippen molar-refractivity contribution in [2.45, 2.75) is 32.5 Å². The van der Waals surface area contributed by atoms with E-state index in [9.17, 15) is 22.8 Å². The Morgan fingerprint density at radius 3 is 2.21 bits per heavy atom. The van der Waals surface area contributed by atoms with Gasteiger partial charge in [0, 0.05) is 11.2 Å². The third-order valence-electron chi connectivity index (χ3n) is 2.91. The Bertz CT molecular complexity index is 595. The van der Waals surface area contributed by atoms with E-state index in [0.29, 0.717) is 4.90 Å². The Balaban J connectivity index is 2.56. The van der Waals surface area contributed by atoms with Crippen LogP contribution in [0.15, 0.2) is 24.3 Å². The number of hydrogen-bond donors (Lipinski definition) is 3. The van der Waals surface area contributed by atoms with Crippen molar-refractivity contribution >= 4 is 17.5 Å². The second-order valence-corrected chi connectivity index (χ2v) is 6.74. The molecule has 1 rings (SSSR count). The number of anilines is 1. The maximum absolute atomic E-state index is 12.6. The lowest BCUT2D eigenvalue weighted by Gasteiger charge is -2.21. The zero-order chi connectivity index (χ0) is 18.5. The maximum atomic E-state index is 12.6. The van der Waals surface area contributed by atoms with Crippen molar-refractivity contribution < 1.29 is 27.7 Å². The van der Waals surface area contributed by atoms with E-state index in [1.807, 2.05) is 20.8 Å². The van der Waals surface area contributed by atoms with Gasteiger partial charge in [-0.15, -0.1) is 0 Å². The van der Waals surface area contributed by atoms with Crippen molar-refractivity contribution in [2.24, 2.45) is 0 Å². The van der Waals surface area contributed by atoms with Crippen LogP contribution in [-0.2, 0) is 15.8 Å². The summed E-state index contributed by atoms with van der Waals surface area (Å²) in [6, 6.07) is 4.42. The zero-order valence-corrected chi connectivity index (χ0v) is 14.2. The molecule has 0 aliphatic carbocycles. The molecule has 0 radical (unpaired) electrons. The topological polar surface area (TPSA) is 62.6 Å². The van der Waals surface area contributed by atoms with E-state index >= 15 is 0 Å². The van der Waals surface area contributed by atoms with E-state index in [1.165, 1.54) is 12.1 Å². The Morgan fingerprint density at radius 2 is 1.67 bits per heavy atom. The van der Waals surface area contributed by atoms with Crippen LogP contribution in [0.5, 0.6) is 0 Å². The highest BCUT2D eigenvalue weighted by Crippen LogP contribution is 2.30.